The highest BCUT2D eigenvalue weighted by Crippen LogP contribution is 2.38. The lowest BCUT2D eigenvalue weighted by Gasteiger charge is -2.16. The first-order chi connectivity index (χ1) is 7.49. The number of rotatable bonds is 4. The third-order valence-electron chi connectivity index (χ3n) is 2.88. The zero-order valence-electron chi connectivity index (χ0n) is 10.6. The van der Waals surface area contributed by atoms with Gasteiger partial charge in [-0.2, -0.15) is 0 Å². The minimum Gasteiger partial charge on any atom is -0.253 e. The maximum atomic E-state index is 4.19. The molecule has 0 amide bonds. The van der Waals surface area contributed by atoms with Crippen LogP contribution in [0.4, 0.5) is 0 Å². The van der Waals surface area contributed by atoms with Gasteiger partial charge in [0.1, 0.15) is 6.34 Å². The van der Waals surface area contributed by atoms with Crippen molar-refractivity contribution in [3.8, 4) is 0 Å². The summed E-state index contributed by atoms with van der Waals surface area (Å²) in [5.74, 6) is 1.00. The SMILES string of the molecule is C=N/C=N\C(=C)C1=C(C(C)C)C(C)C=C1C. The molecule has 0 aliphatic heterocycles. The molecular formula is C14H20N2. The Morgan fingerprint density at radius 3 is 2.62 bits per heavy atom. The highest BCUT2D eigenvalue weighted by atomic mass is 14.8. The molecule has 1 unspecified atom stereocenters. The zero-order valence-corrected chi connectivity index (χ0v) is 10.6. The maximum absolute atomic E-state index is 4.19. The monoisotopic (exact) mass is 216 g/mol. The van der Waals surface area contributed by atoms with Crippen LogP contribution in [0.15, 0.2) is 45.1 Å². The number of nitrogens with zero attached hydrogens (tertiary/aromatic N) is 2. The van der Waals surface area contributed by atoms with Gasteiger partial charge in [-0.3, -0.25) is 4.99 Å². The second-order valence-corrected chi connectivity index (χ2v) is 4.50. The maximum Gasteiger partial charge on any atom is 0.115 e. The van der Waals surface area contributed by atoms with Crippen molar-refractivity contribution >= 4 is 13.1 Å². The zero-order chi connectivity index (χ0) is 12.3. The Bertz CT molecular complexity index is 395. The molecule has 0 saturated heterocycles. The van der Waals surface area contributed by atoms with E-state index in [0.29, 0.717) is 11.8 Å². The molecule has 86 valence electrons. The molecule has 0 fully saturated rings. The van der Waals surface area contributed by atoms with Crippen LogP contribution in [0.5, 0.6) is 0 Å². The minimum absolute atomic E-state index is 0.485. The van der Waals surface area contributed by atoms with Crippen molar-refractivity contribution in [3.05, 3.63) is 35.1 Å². The van der Waals surface area contributed by atoms with E-state index in [2.05, 4.69) is 57.1 Å². The Morgan fingerprint density at radius 1 is 1.50 bits per heavy atom. The Kier molecular flexibility index (Phi) is 3.99. The summed E-state index contributed by atoms with van der Waals surface area (Å²) in [5, 5.41) is 0. The predicted molar refractivity (Wildman–Crippen MR) is 72.0 cm³/mol. The van der Waals surface area contributed by atoms with E-state index in [9.17, 15) is 0 Å². The summed E-state index contributed by atoms with van der Waals surface area (Å²) in [5.41, 5.74) is 4.67. The van der Waals surface area contributed by atoms with E-state index in [1.54, 1.807) is 0 Å². The van der Waals surface area contributed by atoms with Gasteiger partial charge in [-0.1, -0.05) is 39.0 Å². The van der Waals surface area contributed by atoms with Crippen LogP contribution in [0.3, 0.4) is 0 Å². The van der Waals surface area contributed by atoms with Crippen LogP contribution in [0.1, 0.15) is 27.7 Å². The highest BCUT2D eigenvalue weighted by Gasteiger charge is 2.24. The lowest BCUT2D eigenvalue weighted by atomic mass is 9.90. The Labute approximate surface area is 98.2 Å². The van der Waals surface area contributed by atoms with Crippen molar-refractivity contribution in [1.29, 1.82) is 0 Å². The van der Waals surface area contributed by atoms with Crippen molar-refractivity contribution in [1.82, 2.24) is 0 Å². The predicted octanol–water partition coefficient (Wildman–Crippen LogP) is 3.78. The summed E-state index contributed by atoms with van der Waals surface area (Å²) in [6.07, 6.45) is 3.72. The normalized spacial score (nSPS) is 20.8. The van der Waals surface area contributed by atoms with Gasteiger partial charge in [0.15, 0.2) is 0 Å². The van der Waals surface area contributed by atoms with Gasteiger partial charge in [-0.15, -0.1) is 0 Å². The lowest BCUT2D eigenvalue weighted by Crippen LogP contribution is -2.03. The summed E-state index contributed by atoms with van der Waals surface area (Å²) < 4.78 is 0. The van der Waals surface area contributed by atoms with Crippen LogP contribution in [0, 0.1) is 11.8 Å². The number of hydrogen-bond acceptors (Lipinski definition) is 1. The van der Waals surface area contributed by atoms with Gasteiger partial charge in [-0.25, -0.2) is 4.99 Å². The van der Waals surface area contributed by atoms with Gasteiger partial charge in [0.2, 0.25) is 0 Å². The van der Waals surface area contributed by atoms with Crippen molar-refractivity contribution in [2.24, 2.45) is 21.8 Å². The first-order valence-electron chi connectivity index (χ1n) is 5.59. The fraction of sp³-hybridized carbons (Fsp3) is 0.429. The molecule has 0 aromatic carbocycles. The highest BCUT2D eigenvalue weighted by molar-refractivity contribution is 5.66. The van der Waals surface area contributed by atoms with Gasteiger partial charge in [0.25, 0.3) is 0 Å². The van der Waals surface area contributed by atoms with Crippen LogP contribution in [-0.4, -0.2) is 13.1 Å². The fourth-order valence-electron chi connectivity index (χ4n) is 2.39. The Morgan fingerprint density at radius 2 is 2.12 bits per heavy atom. The van der Waals surface area contributed by atoms with Crippen LogP contribution in [0.25, 0.3) is 0 Å². The van der Waals surface area contributed by atoms with Gasteiger partial charge >= 0.3 is 0 Å². The quantitative estimate of drug-likeness (QED) is 0.504. The van der Waals surface area contributed by atoms with Gasteiger partial charge in [0.05, 0.1) is 5.70 Å². The molecular weight excluding hydrogens is 196 g/mol. The number of hydrogen-bond donors (Lipinski definition) is 0. The second-order valence-electron chi connectivity index (χ2n) is 4.50. The summed E-state index contributed by atoms with van der Waals surface area (Å²) >= 11 is 0. The molecule has 2 nitrogen and oxygen atoms in total. The molecule has 0 N–H and O–H groups in total. The molecule has 1 atom stereocenters. The third-order valence-corrected chi connectivity index (χ3v) is 2.88. The molecule has 1 aliphatic rings. The number of allylic oxidation sites excluding steroid dienone is 3. The Balaban J connectivity index is 3.15. The van der Waals surface area contributed by atoms with E-state index >= 15 is 0 Å². The lowest BCUT2D eigenvalue weighted by molar-refractivity contribution is 0.669. The van der Waals surface area contributed by atoms with E-state index in [1.165, 1.54) is 23.1 Å². The first kappa shape index (κ1) is 12.6. The largest absolute Gasteiger partial charge is 0.253 e. The van der Waals surface area contributed by atoms with Gasteiger partial charge < -0.3 is 0 Å². The van der Waals surface area contributed by atoms with Crippen LogP contribution >= 0.6 is 0 Å². The van der Waals surface area contributed by atoms with E-state index in [0.717, 1.165) is 5.70 Å². The molecule has 0 spiro atoms. The van der Waals surface area contributed by atoms with Gasteiger partial charge in [-0.05, 0) is 31.1 Å². The average molecular weight is 216 g/mol. The topological polar surface area (TPSA) is 24.7 Å². The molecule has 1 aliphatic carbocycles. The molecule has 16 heavy (non-hydrogen) atoms. The van der Waals surface area contributed by atoms with E-state index in [1.807, 2.05) is 0 Å². The molecule has 0 heterocycles. The molecule has 0 saturated carbocycles. The second kappa shape index (κ2) is 5.06. The molecule has 0 aromatic rings. The smallest absolute Gasteiger partial charge is 0.115 e. The van der Waals surface area contributed by atoms with Crippen LogP contribution < -0.4 is 0 Å². The summed E-state index contributed by atoms with van der Waals surface area (Å²) in [4.78, 5) is 7.81. The first-order valence-corrected chi connectivity index (χ1v) is 5.59. The average Bonchev–Trinajstić information content (AvgIpc) is 2.50. The van der Waals surface area contributed by atoms with E-state index in [-0.39, 0.29) is 0 Å². The van der Waals surface area contributed by atoms with E-state index < -0.39 is 0 Å². The van der Waals surface area contributed by atoms with Crippen molar-refractivity contribution < 1.29 is 0 Å². The summed E-state index contributed by atoms with van der Waals surface area (Å²) in [6, 6.07) is 0. The molecule has 1 rings (SSSR count). The number of aliphatic imine (C=N–C) groups is 2. The molecule has 0 aromatic heterocycles. The summed E-state index contributed by atoms with van der Waals surface area (Å²) in [6.45, 7) is 16.1. The molecule has 0 bridgehead atoms. The van der Waals surface area contributed by atoms with Crippen molar-refractivity contribution in [3.63, 3.8) is 0 Å². The fourth-order valence-corrected chi connectivity index (χ4v) is 2.39. The molecule has 0 radical (unpaired) electrons. The van der Waals surface area contributed by atoms with Crippen molar-refractivity contribution in [2.45, 2.75) is 27.7 Å². The standard InChI is InChI=1S/C14H20N2/c1-9(2)13-10(3)7-11(4)14(13)12(5)16-8-15-6/h7-10H,5-6H2,1-4H3/b16-8-. The van der Waals surface area contributed by atoms with Gasteiger partial charge in [0, 0.05) is 5.57 Å². The van der Waals surface area contributed by atoms with Crippen molar-refractivity contribution in [2.75, 3.05) is 0 Å². The Hall–Kier alpha value is -1.44. The van der Waals surface area contributed by atoms with E-state index in [4.69, 9.17) is 0 Å². The molecule has 2 heteroatoms. The summed E-state index contributed by atoms with van der Waals surface area (Å²) in [7, 11) is 0. The van der Waals surface area contributed by atoms with Crippen LogP contribution in [0.2, 0.25) is 0 Å². The van der Waals surface area contributed by atoms with Crippen LogP contribution in [-0.2, 0) is 0 Å². The third kappa shape index (κ3) is 2.38. The minimum atomic E-state index is 0.485.